The normalized spacial score (nSPS) is 14.8. The molecule has 0 spiro atoms. The van der Waals surface area contributed by atoms with Gasteiger partial charge in [-0.15, -0.1) is 15.2 Å². The first-order valence-electron chi connectivity index (χ1n) is 7.78. The van der Waals surface area contributed by atoms with Crippen LogP contribution in [0.25, 0.3) is 16.5 Å². The Morgan fingerprint density at radius 2 is 2.12 bits per heavy atom. The van der Waals surface area contributed by atoms with Gasteiger partial charge in [-0.05, 0) is 18.1 Å². The number of benzene rings is 1. The molecule has 0 saturated heterocycles. The van der Waals surface area contributed by atoms with E-state index in [2.05, 4.69) is 4.98 Å². The molecule has 0 amide bonds. The highest BCUT2D eigenvalue weighted by Gasteiger charge is 2.21. The fourth-order valence-electron chi connectivity index (χ4n) is 2.98. The van der Waals surface area contributed by atoms with Gasteiger partial charge in [-0.1, -0.05) is 24.3 Å². The number of fused-ring (bicyclic) bond motifs is 1. The standard InChI is InChI=1S/C18H13FN2O2S2/c19-25-21-9-14(13-3-1-2-4-16(13)21)17(23)18-20-15(10-24-18)11-5-7-12(22)8-6-11/h1-5,9-10H,6-8H2. The highest BCUT2D eigenvalue weighted by atomic mass is 32.2. The summed E-state index contributed by atoms with van der Waals surface area (Å²) in [6.45, 7) is 0. The second-order valence-corrected chi connectivity index (χ2v) is 7.18. The van der Waals surface area contributed by atoms with Crippen molar-refractivity contribution in [3.8, 4) is 0 Å². The van der Waals surface area contributed by atoms with Crippen LogP contribution in [0.1, 0.15) is 40.3 Å². The number of hydrogen-bond donors (Lipinski definition) is 0. The molecule has 1 aliphatic carbocycles. The topological polar surface area (TPSA) is 52.0 Å². The van der Waals surface area contributed by atoms with Crippen molar-refractivity contribution in [2.45, 2.75) is 19.3 Å². The summed E-state index contributed by atoms with van der Waals surface area (Å²) in [7, 11) is 0. The summed E-state index contributed by atoms with van der Waals surface area (Å²) in [6.07, 6.45) is 5.01. The molecule has 126 valence electrons. The van der Waals surface area contributed by atoms with Gasteiger partial charge < -0.3 is 0 Å². The summed E-state index contributed by atoms with van der Waals surface area (Å²) in [4.78, 5) is 28.7. The van der Waals surface area contributed by atoms with E-state index in [1.807, 2.05) is 23.6 Å². The molecule has 0 N–H and O–H groups in total. The number of Topliss-reactive ketones (excluding diaryl/α,β-unsaturated/α-hetero) is 1. The van der Waals surface area contributed by atoms with E-state index >= 15 is 0 Å². The van der Waals surface area contributed by atoms with Gasteiger partial charge in [0.2, 0.25) is 5.78 Å². The van der Waals surface area contributed by atoms with Gasteiger partial charge in [0.25, 0.3) is 0 Å². The largest absolute Gasteiger partial charge is 0.299 e. The van der Waals surface area contributed by atoms with E-state index in [1.54, 1.807) is 12.1 Å². The second kappa shape index (κ2) is 6.57. The van der Waals surface area contributed by atoms with Gasteiger partial charge in [0.15, 0.2) is 17.3 Å². The Hall–Kier alpha value is -2.25. The van der Waals surface area contributed by atoms with Gasteiger partial charge in [0.1, 0.15) is 5.78 Å². The van der Waals surface area contributed by atoms with Crippen LogP contribution < -0.4 is 0 Å². The van der Waals surface area contributed by atoms with Crippen molar-refractivity contribution >= 4 is 51.7 Å². The Morgan fingerprint density at radius 3 is 2.88 bits per heavy atom. The second-order valence-electron chi connectivity index (χ2n) is 5.79. The smallest absolute Gasteiger partial charge is 0.223 e. The molecule has 0 saturated carbocycles. The zero-order valence-corrected chi connectivity index (χ0v) is 14.7. The number of halogens is 1. The maximum absolute atomic E-state index is 13.1. The van der Waals surface area contributed by atoms with Gasteiger partial charge in [0, 0.05) is 29.8 Å². The fraction of sp³-hybridized carbons (Fsp3) is 0.167. The molecule has 0 radical (unpaired) electrons. The maximum Gasteiger partial charge on any atom is 0.223 e. The van der Waals surface area contributed by atoms with Crippen molar-refractivity contribution in [2.24, 2.45) is 0 Å². The van der Waals surface area contributed by atoms with Crippen molar-refractivity contribution in [3.63, 3.8) is 0 Å². The van der Waals surface area contributed by atoms with Crippen LogP contribution in [-0.2, 0) is 4.79 Å². The van der Waals surface area contributed by atoms with Gasteiger partial charge in [0.05, 0.1) is 16.8 Å². The lowest BCUT2D eigenvalue weighted by molar-refractivity contribution is -0.118. The van der Waals surface area contributed by atoms with Crippen LogP contribution in [0.3, 0.4) is 0 Å². The van der Waals surface area contributed by atoms with Crippen LogP contribution in [0.5, 0.6) is 0 Å². The highest BCUT2D eigenvalue weighted by Crippen LogP contribution is 2.30. The molecule has 4 rings (SSSR count). The number of nitrogens with zero attached hydrogens (tertiary/aromatic N) is 2. The Balaban J connectivity index is 1.70. The van der Waals surface area contributed by atoms with Crippen molar-refractivity contribution in [3.05, 3.63) is 58.2 Å². The molecule has 2 heterocycles. The Bertz CT molecular complexity index is 1020. The number of thiazole rings is 1. The third-order valence-corrected chi connectivity index (χ3v) is 5.57. The number of hydrogen-bond acceptors (Lipinski definition) is 5. The minimum atomic E-state index is -0.215. The zero-order valence-electron chi connectivity index (χ0n) is 13.1. The lowest BCUT2D eigenvalue weighted by Gasteiger charge is -2.09. The first-order valence-corrected chi connectivity index (χ1v) is 9.33. The average Bonchev–Trinajstić information content (AvgIpc) is 3.27. The van der Waals surface area contributed by atoms with Gasteiger partial charge >= 0.3 is 0 Å². The summed E-state index contributed by atoms with van der Waals surface area (Å²) >= 11 is 1.34. The van der Waals surface area contributed by atoms with E-state index in [0.717, 1.165) is 11.3 Å². The first-order chi connectivity index (χ1) is 12.2. The number of rotatable bonds is 4. The molecule has 0 fully saturated rings. The number of allylic oxidation sites excluding steroid dienone is 2. The summed E-state index contributed by atoms with van der Waals surface area (Å²) < 4.78 is 14.5. The molecule has 2 aromatic heterocycles. The van der Waals surface area contributed by atoms with Crippen molar-refractivity contribution in [2.75, 3.05) is 0 Å². The van der Waals surface area contributed by atoms with Crippen LogP contribution in [0.15, 0.2) is 41.9 Å². The van der Waals surface area contributed by atoms with Gasteiger partial charge in [-0.3, -0.25) is 13.6 Å². The number of aromatic nitrogens is 2. The molecule has 1 aliphatic rings. The Kier molecular flexibility index (Phi) is 4.27. The van der Waals surface area contributed by atoms with E-state index in [1.165, 1.54) is 21.5 Å². The van der Waals surface area contributed by atoms with Gasteiger partial charge in [-0.25, -0.2) is 4.98 Å². The number of carbonyl (C=O) groups is 2. The monoisotopic (exact) mass is 372 g/mol. The van der Waals surface area contributed by atoms with Crippen molar-refractivity contribution < 1.29 is 13.5 Å². The molecule has 4 nitrogen and oxygen atoms in total. The third kappa shape index (κ3) is 2.94. The minimum absolute atomic E-state index is 0.0662. The van der Waals surface area contributed by atoms with Crippen LogP contribution in [-0.4, -0.2) is 20.5 Å². The maximum atomic E-state index is 13.1. The number of para-hydroxylation sites is 1. The van der Waals surface area contributed by atoms with Crippen LogP contribution in [0, 0.1) is 0 Å². The molecular formula is C18H13FN2O2S2. The van der Waals surface area contributed by atoms with Crippen LogP contribution >= 0.6 is 23.7 Å². The highest BCUT2D eigenvalue weighted by molar-refractivity contribution is 7.92. The molecule has 0 bridgehead atoms. The number of carbonyl (C=O) groups excluding carboxylic acids is 2. The lowest BCUT2D eigenvalue weighted by atomic mass is 9.97. The quantitative estimate of drug-likeness (QED) is 0.615. The summed E-state index contributed by atoms with van der Waals surface area (Å²) in [5, 5.41) is 2.93. The summed E-state index contributed by atoms with van der Waals surface area (Å²) in [5.74, 6) is 0.0135. The minimum Gasteiger partial charge on any atom is -0.299 e. The molecule has 25 heavy (non-hydrogen) atoms. The summed E-state index contributed by atoms with van der Waals surface area (Å²) in [5.41, 5.74) is 2.86. The predicted molar refractivity (Wildman–Crippen MR) is 98.4 cm³/mol. The van der Waals surface area contributed by atoms with Crippen molar-refractivity contribution in [1.82, 2.24) is 8.96 Å². The number of ketones is 2. The average molecular weight is 372 g/mol. The van der Waals surface area contributed by atoms with Gasteiger partial charge in [-0.2, -0.15) is 0 Å². The van der Waals surface area contributed by atoms with E-state index in [4.69, 9.17) is 0 Å². The first kappa shape index (κ1) is 16.2. The molecule has 7 heteroatoms. The van der Waals surface area contributed by atoms with Crippen molar-refractivity contribution in [1.29, 1.82) is 0 Å². The lowest BCUT2D eigenvalue weighted by Crippen LogP contribution is -2.04. The van der Waals surface area contributed by atoms with Crippen LogP contribution in [0.2, 0.25) is 0 Å². The Labute approximate surface area is 151 Å². The third-order valence-electron chi connectivity index (χ3n) is 4.27. The molecule has 0 atom stereocenters. The Morgan fingerprint density at radius 1 is 1.28 bits per heavy atom. The van der Waals surface area contributed by atoms with Crippen LogP contribution in [0.4, 0.5) is 3.89 Å². The molecule has 1 aromatic carbocycles. The molecule has 0 unspecified atom stereocenters. The van der Waals surface area contributed by atoms with E-state index in [0.29, 0.717) is 40.7 Å². The molecule has 3 aromatic rings. The zero-order chi connectivity index (χ0) is 17.4. The predicted octanol–water partition coefficient (Wildman–Crippen LogP) is 4.85. The molecular weight excluding hydrogens is 359 g/mol. The summed E-state index contributed by atoms with van der Waals surface area (Å²) in [6, 6.07) is 7.21. The fourth-order valence-corrected chi connectivity index (χ4v) is 4.15. The van der Waals surface area contributed by atoms with E-state index < -0.39 is 0 Å². The molecule has 0 aliphatic heterocycles. The SMILES string of the molecule is O=C1CC=C(c2csc(C(=O)c3cn(SF)c4ccccc34)n2)CC1. The van der Waals surface area contributed by atoms with E-state index in [-0.39, 0.29) is 23.9 Å². The van der Waals surface area contributed by atoms with E-state index in [9.17, 15) is 13.5 Å².